The highest BCUT2D eigenvalue weighted by Crippen LogP contribution is 2.70. The fourth-order valence-corrected chi connectivity index (χ4v) is 8.28. The van der Waals surface area contributed by atoms with Gasteiger partial charge < -0.3 is 15.7 Å². The van der Waals surface area contributed by atoms with Crippen molar-refractivity contribution in [1.29, 1.82) is 0 Å². The first-order valence-electron chi connectivity index (χ1n) is 11.6. The van der Waals surface area contributed by atoms with Gasteiger partial charge in [0.15, 0.2) is 0 Å². The summed E-state index contributed by atoms with van der Waals surface area (Å²) in [5, 5.41) is 9.85. The lowest BCUT2D eigenvalue weighted by atomic mass is 9.39. The van der Waals surface area contributed by atoms with E-state index in [-0.39, 0.29) is 10.8 Å². The maximum atomic E-state index is 12.0. The third kappa shape index (κ3) is 3.33. The molecule has 0 radical (unpaired) electrons. The highest BCUT2D eigenvalue weighted by atomic mass is 16.4. The van der Waals surface area contributed by atoms with Crippen LogP contribution in [0.5, 0.6) is 0 Å². The van der Waals surface area contributed by atoms with E-state index < -0.39 is 11.4 Å². The molecule has 4 saturated carbocycles. The molecule has 1 aromatic carbocycles. The van der Waals surface area contributed by atoms with Crippen molar-refractivity contribution in [3.63, 3.8) is 0 Å². The number of hydrogen-bond donors (Lipinski definition) is 2. The second-order valence-electron chi connectivity index (χ2n) is 11.4. The summed E-state index contributed by atoms with van der Waals surface area (Å²) in [5.74, 6) is 0.913. The van der Waals surface area contributed by atoms with Gasteiger partial charge in [-0.2, -0.15) is 0 Å². The predicted octanol–water partition coefficient (Wildman–Crippen LogP) is 4.04. The highest BCUT2D eigenvalue weighted by molar-refractivity contribution is 5.76. The Kier molecular flexibility index (Phi) is 4.60. The van der Waals surface area contributed by atoms with Crippen molar-refractivity contribution in [2.24, 2.45) is 28.4 Å². The zero-order chi connectivity index (χ0) is 20.3. The summed E-state index contributed by atoms with van der Waals surface area (Å²) in [6, 6.07) is 11.2. The summed E-state index contributed by atoms with van der Waals surface area (Å²) in [6.45, 7) is 6.09. The number of carboxylic acids is 1. The monoisotopic (exact) mass is 396 g/mol. The number of benzene rings is 1. The Morgan fingerprint density at radius 1 is 1.07 bits per heavy atom. The van der Waals surface area contributed by atoms with Crippen LogP contribution in [-0.2, 0) is 10.2 Å². The molecule has 0 amide bonds. The average molecular weight is 397 g/mol. The zero-order valence-corrected chi connectivity index (χ0v) is 17.8. The van der Waals surface area contributed by atoms with Crippen LogP contribution in [0, 0.1) is 22.7 Å². The fourth-order valence-electron chi connectivity index (χ4n) is 8.28. The molecular formula is C25H36N2O2. The molecule has 0 spiro atoms. The van der Waals surface area contributed by atoms with E-state index in [1.807, 2.05) is 0 Å². The average Bonchev–Trinajstić information content (AvgIpc) is 2.68. The van der Waals surface area contributed by atoms with Crippen molar-refractivity contribution in [2.45, 2.75) is 69.7 Å². The Bertz CT molecular complexity index is 774. The van der Waals surface area contributed by atoms with Gasteiger partial charge >= 0.3 is 5.97 Å². The van der Waals surface area contributed by atoms with Crippen LogP contribution in [0.2, 0.25) is 0 Å². The van der Waals surface area contributed by atoms with Crippen molar-refractivity contribution in [2.75, 3.05) is 19.6 Å². The number of nitrogens with two attached hydrogens (primary N) is 1. The maximum Gasteiger partial charge on any atom is 0.309 e. The Balaban J connectivity index is 0.000000168. The lowest BCUT2D eigenvalue weighted by molar-refractivity contribution is -0.176. The van der Waals surface area contributed by atoms with Crippen LogP contribution in [0.25, 0.3) is 0 Å². The van der Waals surface area contributed by atoms with Crippen molar-refractivity contribution >= 4 is 5.97 Å². The molecule has 7 aliphatic rings. The minimum atomic E-state index is -0.548. The molecule has 3 aliphatic heterocycles. The van der Waals surface area contributed by atoms with Gasteiger partial charge in [0.1, 0.15) is 0 Å². The molecule has 4 heteroatoms. The molecule has 29 heavy (non-hydrogen) atoms. The van der Waals surface area contributed by atoms with E-state index in [0.29, 0.717) is 12.0 Å². The fraction of sp³-hybridized carbons (Fsp3) is 0.720. The number of piperidine rings is 3. The molecule has 3 saturated heterocycles. The largest absolute Gasteiger partial charge is 0.481 e. The predicted molar refractivity (Wildman–Crippen MR) is 115 cm³/mol. The van der Waals surface area contributed by atoms with E-state index in [1.54, 1.807) is 0 Å². The molecule has 4 nitrogen and oxygen atoms in total. The number of carboxylic acid groups (broad SMARTS) is 1. The van der Waals surface area contributed by atoms with Crippen LogP contribution in [-0.4, -0.2) is 41.7 Å². The number of nitrogens with zero attached hydrogens (tertiary/aromatic N) is 1. The van der Waals surface area contributed by atoms with Gasteiger partial charge in [-0.05, 0) is 92.7 Å². The summed E-state index contributed by atoms with van der Waals surface area (Å²) in [7, 11) is 0. The first-order valence-corrected chi connectivity index (χ1v) is 11.6. The van der Waals surface area contributed by atoms with Crippen molar-refractivity contribution in [3.8, 4) is 0 Å². The van der Waals surface area contributed by atoms with Crippen molar-refractivity contribution in [3.05, 3.63) is 35.9 Å². The number of carbonyl (C=O) groups is 1. The van der Waals surface area contributed by atoms with E-state index in [9.17, 15) is 9.90 Å². The van der Waals surface area contributed by atoms with Crippen LogP contribution in [0.4, 0.5) is 0 Å². The van der Waals surface area contributed by atoms with Crippen molar-refractivity contribution in [1.82, 2.24) is 4.90 Å². The summed E-state index contributed by atoms with van der Waals surface area (Å²) < 4.78 is 0. The van der Waals surface area contributed by atoms with E-state index in [1.165, 1.54) is 50.8 Å². The first-order chi connectivity index (χ1) is 13.8. The number of fused-ring (bicyclic) bond motifs is 3. The summed E-state index contributed by atoms with van der Waals surface area (Å²) in [5.41, 5.74) is 7.15. The van der Waals surface area contributed by atoms with Gasteiger partial charge in [0.2, 0.25) is 0 Å². The van der Waals surface area contributed by atoms with Gasteiger partial charge in [-0.25, -0.2) is 0 Å². The van der Waals surface area contributed by atoms with Crippen molar-refractivity contribution < 1.29 is 9.90 Å². The van der Waals surface area contributed by atoms with Gasteiger partial charge in [-0.3, -0.25) is 4.79 Å². The maximum absolute atomic E-state index is 12.0. The molecule has 158 valence electrons. The summed E-state index contributed by atoms with van der Waals surface area (Å²) >= 11 is 0. The van der Waals surface area contributed by atoms with Crippen LogP contribution in [0.1, 0.15) is 63.9 Å². The lowest BCUT2D eigenvalue weighted by Gasteiger charge is -2.64. The topological polar surface area (TPSA) is 66.6 Å². The lowest BCUT2D eigenvalue weighted by Crippen LogP contribution is -2.60. The molecule has 8 rings (SSSR count). The molecule has 0 aromatic heterocycles. The Morgan fingerprint density at radius 3 is 2.31 bits per heavy atom. The third-order valence-corrected chi connectivity index (χ3v) is 8.89. The van der Waals surface area contributed by atoms with Gasteiger partial charge in [-0.1, -0.05) is 37.3 Å². The SMILES string of the molecule is C[C@@]12C[C@H]3C[C@@](C(=O)O)(C1)C[C@](c1ccccc1)(C3)C2.N[C@H]1CN2CCC1CC2. The van der Waals surface area contributed by atoms with Gasteiger partial charge in [0.25, 0.3) is 0 Å². The van der Waals surface area contributed by atoms with E-state index in [2.05, 4.69) is 42.2 Å². The van der Waals surface area contributed by atoms with Crippen LogP contribution >= 0.6 is 0 Å². The van der Waals surface area contributed by atoms with Crippen LogP contribution in [0.3, 0.4) is 0 Å². The number of hydrogen-bond acceptors (Lipinski definition) is 3. The standard InChI is InChI=1S/C18H22O2.C7H14N2/c1-16-7-13-8-17(10-16,14-5-3-2-4-6-14)12-18(9-13,11-16)15(19)20;8-7-5-9-3-1-6(7)2-4-9/h2-6,13H,7-12H2,1H3,(H,19,20);6-7H,1-5,8H2/t13-,16+,17+,18-;7-/m10/s1. The van der Waals surface area contributed by atoms with E-state index in [0.717, 1.165) is 31.7 Å². The Morgan fingerprint density at radius 2 is 1.79 bits per heavy atom. The normalized spacial score (nSPS) is 46.8. The first kappa shape index (κ1) is 19.6. The van der Waals surface area contributed by atoms with Crippen LogP contribution < -0.4 is 5.73 Å². The molecule has 0 unspecified atom stereocenters. The Labute approximate surface area is 174 Å². The molecule has 5 atom stereocenters. The summed E-state index contributed by atoms with van der Waals surface area (Å²) in [6.07, 6.45) is 8.95. The minimum absolute atomic E-state index is 0.119. The van der Waals surface area contributed by atoms with E-state index in [4.69, 9.17) is 5.73 Å². The van der Waals surface area contributed by atoms with E-state index >= 15 is 0 Å². The number of aliphatic carboxylic acids is 1. The molecule has 3 N–H and O–H groups in total. The second-order valence-corrected chi connectivity index (χ2v) is 11.4. The van der Waals surface area contributed by atoms with Gasteiger partial charge in [-0.15, -0.1) is 0 Å². The molecule has 7 fully saturated rings. The second kappa shape index (κ2) is 6.81. The molecular weight excluding hydrogens is 360 g/mol. The minimum Gasteiger partial charge on any atom is -0.481 e. The van der Waals surface area contributed by atoms with Crippen LogP contribution in [0.15, 0.2) is 30.3 Å². The highest BCUT2D eigenvalue weighted by Gasteiger charge is 2.64. The molecule has 4 aliphatic carbocycles. The van der Waals surface area contributed by atoms with Gasteiger partial charge in [0, 0.05) is 12.6 Å². The van der Waals surface area contributed by atoms with Gasteiger partial charge in [0.05, 0.1) is 5.41 Å². The zero-order valence-electron chi connectivity index (χ0n) is 17.8. The number of rotatable bonds is 2. The summed E-state index contributed by atoms with van der Waals surface area (Å²) in [4.78, 5) is 14.4. The molecule has 3 heterocycles. The molecule has 1 aromatic rings. The Hall–Kier alpha value is -1.39. The quantitative estimate of drug-likeness (QED) is 0.792. The molecule has 6 bridgehead atoms. The third-order valence-electron chi connectivity index (χ3n) is 8.89. The smallest absolute Gasteiger partial charge is 0.309 e.